The summed E-state index contributed by atoms with van der Waals surface area (Å²) in [5, 5.41) is 13.6. The van der Waals surface area contributed by atoms with Gasteiger partial charge in [-0.1, -0.05) is 32.9 Å². The Bertz CT molecular complexity index is 595. The van der Waals surface area contributed by atoms with Crippen LogP contribution in [0, 0.1) is 5.41 Å². The standard InChI is InChI=1S/C16H21F3N2O3/c1-15(2,3)14(21-8-12(22)20-9-13(23)24)10-5-4-6-11(7-10)16(17,18)19/h4-7,14,21H,8-9H2,1-3H3,(H,20,22)(H,23,24). The fourth-order valence-corrected chi connectivity index (χ4v) is 2.25. The molecule has 0 aromatic heterocycles. The zero-order chi connectivity index (χ0) is 18.5. The summed E-state index contributed by atoms with van der Waals surface area (Å²) in [7, 11) is 0. The summed E-state index contributed by atoms with van der Waals surface area (Å²) in [6, 6.07) is 4.41. The summed E-state index contributed by atoms with van der Waals surface area (Å²) in [4.78, 5) is 22.0. The highest BCUT2D eigenvalue weighted by atomic mass is 19.4. The predicted octanol–water partition coefficient (Wildman–Crippen LogP) is 2.58. The first-order chi connectivity index (χ1) is 10.9. The van der Waals surface area contributed by atoms with Crippen LogP contribution in [0.1, 0.15) is 37.9 Å². The van der Waals surface area contributed by atoms with Crippen LogP contribution in [-0.4, -0.2) is 30.1 Å². The molecule has 1 atom stereocenters. The number of rotatable bonds is 6. The van der Waals surface area contributed by atoms with Crippen molar-refractivity contribution < 1.29 is 27.9 Å². The fraction of sp³-hybridized carbons (Fsp3) is 0.500. The largest absolute Gasteiger partial charge is 0.480 e. The second kappa shape index (κ2) is 7.65. The van der Waals surface area contributed by atoms with Gasteiger partial charge in [-0.25, -0.2) is 0 Å². The second-order valence-electron chi connectivity index (χ2n) is 6.47. The van der Waals surface area contributed by atoms with Gasteiger partial charge in [-0.05, 0) is 23.1 Å². The van der Waals surface area contributed by atoms with Gasteiger partial charge in [0.1, 0.15) is 6.54 Å². The van der Waals surface area contributed by atoms with Crippen molar-refractivity contribution in [2.45, 2.75) is 33.0 Å². The van der Waals surface area contributed by atoms with Crippen molar-refractivity contribution in [3.8, 4) is 0 Å². The number of carboxylic acids is 1. The normalized spacial score (nSPS) is 13.4. The molecule has 0 saturated heterocycles. The molecule has 1 aromatic carbocycles. The highest BCUT2D eigenvalue weighted by molar-refractivity contribution is 5.82. The lowest BCUT2D eigenvalue weighted by Gasteiger charge is -2.32. The van der Waals surface area contributed by atoms with Gasteiger partial charge in [0, 0.05) is 6.04 Å². The van der Waals surface area contributed by atoms with Gasteiger partial charge >= 0.3 is 12.1 Å². The molecule has 0 aliphatic rings. The molecule has 0 aliphatic heterocycles. The molecule has 0 bridgehead atoms. The lowest BCUT2D eigenvalue weighted by Crippen LogP contribution is -2.41. The summed E-state index contributed by atoms with van der Waals surface area (Å²) in [6.45, 7) is 4.79. The average Bonchev–Trinajstić information content (AvgIpc) is 2.43. The van der Waals surface area contributed by atoms with Gasteiger partial charge < -0.3 is 15.7 Å². The van der Waals surface area contributed by atoms with Crippen molar-refractivity contribution in [3.05, 3.63) is 35.4 Å². The molecule has 24 heavy (non-hydrogen) atoms. The molecule has 1 unspecified atom stereocenters. The molecule has 0 spiro atoms. The van der Waals surface area contributed by atoms with Crippen LogP contribution in [-0.2, 0) is 15.8 Å². The summed E-state index contributed by atoms with van der Waals surface area (Å²) < 4.78 is 38.6. The molecule has 0 radical (unpaired) electrons. The minimum atomic E-state index is -4.45. The lowest BCUT2D eigenvalue weighted by atomic mass is 9.82. The number of hydrogen-bond acceptors (Lipinski definition) is 3. The number of carbonyl (C=O) groups is 2. The van der Waals surface area contributed by atoms with E-state index in [0.717, 1.165) is 12.1 Å². The zero-order valence-corrected chi connectivity index (χ0v) is 13.7. The van der Waals surface area contributed by atoms with Crippen LogP contribution >= 0.6 is 0 Å². The highest BCUT2D eigenvalue weighted by Crippen LogP contribution is 2.36. The van der Waals surface area contributed by atoms with Crippen molar-refractivity contribution in [2.24, 2.45) is 5.41 Å². The van der Waals surface area contributed by atoms with E-state index in [9.17, 15) is 22.8 Å². The van der Waals surface area contributed by atoms with Crippen molar-refractivity contribution in [1.82, 2.24) is 10.6 Å². The van der Waals surface area contributed by atoms with Crippen LogP contribution in [0.25, 0.3) is 0 Å². The molecule has 0 saturated carbocycles. The summed E-state index contributed by atoms with van der Waals surface area (Å²) in [5.74, 6) is -1.72. The maximum Gasteiger partial charge on any atom is 0.416 e. The van der Waals surface area contributed by atoms with Crippen molar-refractivity contribution in [3.63, 3.8) is 0 Å². The Morgan fingerprint density at radius 2 is 1.79 bits per heavy atom. The SMILES string of the molecule is CC(C)(C)C(NCC(=O)NCC(=O)O)c1cccc(C(F)(F)F)c1. The first-order valence-electron chi connectivity index (χ1n) is 7.30. The van der Waals surface area contributed by atoms with Crippen LogP contribution in [0.5, 0.6) is 0 Å². The number of amides is 1. The van der Waals surface area contributed by atoms with E-state index in [-0.39, 0.29) is 6.54 Å². The molecule has 0 fully saturated rings. The third-order valence-corrected chi connectivity index (χ3v) is 3.32. The van der Waals surface area contributed by atoms with E-state index >= 15 is 0 Å². The number of hydrogen-bond donors (Lipinski definition) is 3. The number of alkyl halides is 3. The molecule has 5 nitrogen and oxygen atoms in total. The summed E-state index contributed by atoms with van der Waals surface area (Å²) in [5.41, 5.74) is -0.813. The van der Waals surface area contributed by atoms with Crippen LogP contribution in [0.4, 0.5) is 13.2 Å². The lowest BCUT2D eigenvalue weighted by molar-refractivity contribution is -0.138. The quantitative estimate of drug-likeness (QED) is 0.740. The molecular formula is C16H21F3N2O3. The van der Waals surface area contributed by atoms with Crippen LogP contribution < -0.4 is 10.6 Å². The summed E-state index contributed by atoms with van der Waals surface area (Å²) in [6.07, 6.45) is -4.45. The van der Waals surface area contributed by atoms with Crippen LogP contribution in [0.2, 0.25) is 0 Å². The molecule has 0 aliphatic carbocycles. The van der Waals surface area contributed by atoms with Crippen molar-refractivity contribution in [2.75, 3.05) is 13.1 Å². The summed E-state index contributed by atoms with van der Waals surface area (Å²) >= 11 is 0. The molecule has 1 rings (SSSR count). The van der Waals surface area contributed by atoms with Gasteiger partial charge in [0.15, 0.2) is 0 Å². The number of benzene rings is 1. The number of aliphatic carboxylic acids is 1. The Morgan fingerprint density at radius 1 is 1.17 bits per heavy atom. The molecule has 134 valence electrons. The van der Waals surface area contributed by atoms with Gasteiger partial charge in [0.25, 0.3) is 0 Å². The Kier molecular flexibility index (Phi) is 6.36. The molecule has 0 heterocycles. The number of halogens is 3. The van der Waals surface area contributed by atoms with Crippen LogP contribution in [0.3, 0.4) is 0 Å². The Balaban J connectivity index is 2.91. The number of nitrogens with one attached hydrogen (secondary N) is 2. The smallest absolute Gasteiger partial charge is 0.416 e. The Hall–Kier alpha value is -2.09. The van der Waals surface area contributed by atoms with Crippen LogP contribution in [0.15, 0.2) is 24.3 Å². The van der Waals surface area contributed by atoms with Gasteiger partial charge in [0.2, 0.25) is 5.91 Å². The Morgan fingerprint density at radius 3 is 2.29 bits per heavy atom. The minimum Gasteiger partial charge on any atom is -0.480 e. The molecule has 1 amide bonds. The number of carboxylic acid groups (broad SMARTS) is 1. The van der Waals surface area contributed by atoms with E-state index < -0.39 is 41.6 Å². The van der Waals surface area contributed by atoms with Gasteiger partial charge in [-0.2, -0.15) is 13.2 Å². The van der Waals surface area contributed by atoms with Gasteiger partial charge in [-0.3, -0.25) is 9.59 Å². The Labute approximate surface area is 138 Å². The van der Waals surface area contributed by atoms with Crippen molar-refractivity contribution in [1.29, 1.82) is 0 Å². The molecule has 3 N–H and O–H groups in total. The second-order valence-corrected chi connectivity index (χ2v) is 6.47. The van der Waals surface area contributed by atoms with E-state index in [1.165, 1.54) is 6.07 Å². The zero-order valence-electron chi connectivity index (χ0n) is 13.7. The average molecular weight is 346 g/mol. The first-order valence-corrected chi connectivity index (χ1v) is 7.30. The fourth-order valence-electron chi connectivity index (χ4n) is 2.25. The third-order valence-electron chi connectivity index (χ3n) is 3.32. The molecule has 8 heteroatoms. The maximum absolute atomic E-state index is 12.9. The van der Waals surface area contributed by atoms with E-state index in [2.05, 4.69) is 10.6 Å². The number of carbonyl (C=O) groups excluding carboxylic acids is 1. The van der Waals surface area contributed by atoms with E-state index in [1.54, 1.807) is 6.07 Å². The monoisotopic (exact) mass is 346 g/mol. The maximum atomic E-state index is 12.9. The van der Waals surface area contributed by atoms with Gasteiger partial charge in [-0.15, -0.1) is 0 Å². The molecular weight excluding hydrogens is 325 g/mol. The van der Waals surface area contributed by atoms with E-state index in [1.807, 2.05) is 20.8 Å². The highest BCUT2D eigenvalue weighted by Gasteiger charge is 2.33. The predicted molar refractivity (Wildman–Crippen MR) is 82.3 cm³/mol. The molecule has 1 aromatic rings. The third kappa shape index (κ3) is 6.19. The van der Waals surface area contributed by atoms with Crippen molar-refractivity contribution >= 4 is 11.9 Å². The minimum absolute atomic E-state index is 0.203. The topological polar surface area (TPSA) is 78.4 Å². The first kappa shape index (κ1) is 20.0. The van der Waals surface area contributed by atoms with E-state index in [4.69, 9.17) is 5.11 Å². The van der Waals surface area contributed by atoms with E-state index in [0.29, 0.717) is 5.56 Å². The van der Waals surface area contributed by atoms with Gasteiger partial charge in [0.05, 0.1) is 12.1 Å².